The van der Waals surface area contributed by atoms with Crippen molar-refractivity contribution in [1.82, 2.24) is 4.57 Å². The average Bonchev–Trinajstić information content (AvgIpc) is 3.00. The molecule has 0 spiro atoms. The highest BCUT2D eigenvalue weighted by Gasteiger charge is 2.31. The van der Waals surface area contributed by atoms with E-state index in [0.717, 1.165) is 6.54 Å². The Labute approximate surface area is 141 Å². The first-order chi connectivity index (χ1) is 10.5. The van der Waals surface area contributed by atoms with Crippen molar-refractivity contribution in [2.45, 2.75) is 58.4 Å². The Hall–Kier alpha value is -0.903. The molecule has 0 fully saturated rings. The van der Waals surface area contributed by atoms with E-state index in [0.29, 0.717) is 6.04 Å². The van der Waals surface area contributed by atoms with E-state index in [9.17, 15) is 0 Å². The predicted molar refractivity (Wildman–Crippen MR) is 102 cm³/mol. The van der Waals surface area contributed by atoms with Crippen molar-refractivity contribution in [3.05, 3.63) is 58.3 Å². The maximum Gasteiger partial charge on any atom is 0.120 e. The molecule has 0 radical (unpaired) electrons. The van der Waals surface area contributed by atoms with Crippen LogP contribution < -0.4 is 0 Å². The molecular weight excluding hydrogens is 302 g/mol. The molecule has 22 heavy (non-hydrogen) atoms. The molecule has 0 aliphatic rings. The Morgan fingerprint density at radius 3 is 2.32 bits per heavy atom. The van der Waals surface area contributed by atoms with Crippen LogP contribution in [0.4, 0.5) is 0 Å². The SMILES string of the molecule is CCCCC(c1cccs1)N(Cc1ccccc1)[Si](C)(C)C. The Morgan fingerprint density at radius 1 is 1.05 bits per heavy atom. The van der Waals surface area contributed by atoms with Gasteiger partial charge in [-0.25, -0.2) is 0 Å². The van der Waals surface area contributed by atoms with Crippen molar-refractivity contribution in [3.8, 4) is 0 Å². The summed E-state index contributed by atoms with van der Waals surface area (Å²) in [5, 5.41) is 2.22. The molecule has 1 aromatic carbocycles. The fraction of sp³-hybridized carbons (Fsp3) is 0.474. The Kier molecular flexibility index (Phi) is 6.42. The molecule has 0 aliphatic carbocycles. The molecule has 0 N–H and O–H groups in total. The van der Waals surface area contributed by atoms with Crippen LogP contribution in [0.3, 0.4) is 0 Å². The molecule has 0 bridgehead atoms. The van der Waals surface area contributed by atoms with Gasteiger partial charge in [-0.15, -0.1) is 11.3 Å². The second kappa shape index (κ2) is 8.09. The molecule has 0 amide bonds. The van der Waals surface area contributed by atoms with Gasteiger partial charge < -0.3 is 4.57 Å². The zero-order chi connectivity index (χ0) is 16.0. The van der Waals surface area contributed by atoms with Gasteiger partial charge in [-0.1, -0.05) is 75.8 Å². The largest absolute Gasteiger partial charge is 0.313 e. The summed E-state index contributed by atoms with van der Waals surface area (Å²) in [4.78, 5) is 1.53. The van der Waals surface area contributed by atoms with Crippen molar-refractivity contribution >= 4 is 19.6 Å². The minimum Gasteiger partial charge on any atom is -0.313 e. The molecule has 2 aromatic rings. The van der Waals surface area contributed by atoms with Gasteiger partial charge in [0.1, 0.15) is 8.24 Å². The maximum absolute atomic E-state index is 2.81. The molecule has 1 unspecified atom stereocenters. The second-order valence-electron chi connectivity index (χ2n) is 6.96. The van der Waals surface area contributed by atoms with E-state index >= 15 is 0 Å². The number of unbranched alkanes of at least 4 members (excludes halogenated alkanes) is 1. The third-order valence-corrected chi connectivity index (χ3v) is 7.30. The highest BCUT2D eigenvalue weighted by molar-refractivity contribution is 7.10. The lowest BCUT2D eigenvalue weighted by Crippen LogP contribution is -2.47. The number of thiophene rings is 1. The standard InChI is InChI=1S/C19H29NSSi/c1-5-6-13-18(19-14-10-15-21-19)20(22(2,3)4)16-17-11-8-7-9-12-17/h7-12,14-15,18H,5-6,13,16H2,1-4H3. The summed E-state index contributed by atoms with van der Waals surface area (Å²) in [5.74, 6) is 0. The number of benzene rings is 1. The molecule has 0 saturated carbocycles. The van der Waals surface area contributed by atoms with Gasteiger partial charge in [-0.3, -0.25) is 0 Å². The van der Waals surface area contributed by atoms with Crippen molar-refractivity contribution in [2.24, 2.45) is 0 Å². The molecule has 1 aromatic heterocycles. The lowest BCUT2D eigenvalue weighted by atomic mass is 10.1. The summed E-state index contributed by atoms with van der Waals surface area (Å²) in [6, 6.07) is 16.0. The van der Waals surface area contributed by atoms with E-state index in [1.54, 1.807) is 0 Å². The first-order valence-electron chi connectivity index (χ1n) is 8.36. The summed E-state index contributed by atoms with van der Waals surface area (Å²) in [7, 11) is -1.40. The fourth-order valence-electron chi connectivity index (χ4n) is 2.93. The van der Waals surface area contributed by atoms with E-state index < -0.39 is 8.24 Å². The first-order valence-corrected chi connectivity index (χ1v) is 12.7. The first kappa shape index (κ1) is 17.5. The van der Waals surface area contributed by atoms with Crippen LogP contribution in [-0.2, 0) is 6.54 Å². The van der Waals surface area contributed by atoms with Gasteiger partial charge in [0.25, 0.3) is 0 Å². The van der Waals surface area contributed by atoms with Crippen molar-refractivity contribution in [1.29, 1.82) is 0 Å². The monoisotopic (exact) mass is 331 g/mol. The normalized spacial score (nSPS) is 13.5. The number of rotatable bonds is 8. The third kappa shape index (κ3) is 4.80. The number of hydrogen-bond donors (Lipinski definition) is 0. The van der Waals surface area contributed by atoms with Gasteiger partial charge in [0.2, 0.25) is 0 Å². The van der Waals surface area contributed by atoms with E-state index in [1.807, 2.05) is 11.3 Å². The van der Waals surface area contributed by atoms with Crippen molar-refractivity contribution < 1.29 is 0 Å². The lowest BCUT2D eigenvalue weighted by Gasteiger charge is -2.40. The second-order valence-corrected chi connectivity index (χ2v) is 12.9. The van der Waals surface area contributed by atoms with Gasteiger partial charge in [-0.05, 0) is 23.4 Å². The molecular formula is C19H29NSSi. The highest BCUT2D eigenvalue weighted by Crippen LogP contribution is 2.34. The number of hydrogen-bond acceptors (Lipinski definition) is 2. The van der Waals surface area contributed by atoms with E-state index in [1.165, 1.54) is 29.7 Å². The summed E-state index contributed by atoms with van der Waals surface area (Å²) >= 11 is 1.92. The van der Waals surface area contributed by atoms with Crippen LogP contribution in [-0.4, -0.2) is 12.8 Å². The molecule has 120 valence electrons. The predicted octanol–water partition coefficient (Wildman–Crippen LogP) is 6.32. The van der Waals surface area contributed by atoms with E-state index in [4.69, 9.17) is 0 Å². The van der Waals surface area contributed by atoms with Crippen LogP contribution in [0.25, 0.3) is 0 Å². The summed E-state index contributed by atoms with van der Waals surface area (Å²) in [6.45, 7) is 10.8. The molecule has 3 heteroatoms. The van der Waals surface area contributed by atoms with Crippen LogP contribution in [0.5, 0.6) is 0 Å². The van der Waals surface area contributed by atoms with Gasteiger partial charge >= 0.3 is 0 Å². The summed E-state index contributed by atoms with van der Waals surface area (Å²) < 4.78 is 2.81. The van der Waals surface area contributed by atoms with Crippen LogP contribution in [0.2, 0.25) is 19.6 Å². The minimum atomic E-state index is -1.40. The van der Waals surface area contributed by atoms with Crippen molar-refractivity contribution in [3.63, 3.8) is 0 Å². The van der Waals surface area contributed by atoms with Crippen LogP contribution in [0.15, 0.2) is 47.8 Å². The Bertz CT molecular complexity index is 530. The Balaban J connectivity index is 2.28. The molecule has 0 saturated heterocycles. The summed E-state index contributed by atoms with van der Waals surface area (Å²) in [6.07, 6.45) is 3.85. The van der Waals surface area contributed by atoms with E-state index in [-0.39, 0.29) is 0 Å². The lowest BCUT2D eigenvalue weighted by molar-refractivity contribution is 0.295. The zero-order valence-corrected chi connectivity index (χ0v) is 16.2. The number of nitrogens with zero attached hydrogens (tertiary/aromatic N) is 1. The third-order valence-electron chi connectivity index (χ3n) is 4.14. The quantitative estimate of drug-likeness (QED) is 0.512. The highest BCUT2D eigenvalue weighted by atomic mass is 32.1. The molecule has 1 atom stereocenters. The topological polar surface area (TPSA) is 3.24 Å². The molecule has 1 heterocycles. The average molecular weight is 332 g/mol. The van der Waals surface area contributed by atoms with E-state index in [2.05, 4.69) is 79.0 Å². The molecule has 1 nitrogen and oxygen atoms in total. The van der Waals surface area contributed by atoms with Gasteiger partial charge in [0.15, 0.2) is 0 Å². The molecule has 0 aliphatic heterocycles. The Morgan fingerprint density at radius 2 is 1.77 bits per heavy atom. The van der Waals surface area contributed by atoms with Crippen LogP contribution in [0, 0.1) is 0 Å². The smallest absolute Gasteiger partial charge is 0.120 e. The van der Waals surface area contributed by atoms with Crippen LogP contribution >= 0.6 is 11.3 Å². The fourth-order valence-corrected chi connectivity index (χ4v) is 5.75. The van der Waals surface area contributed by atoms with Gasteiger partial charge in [-0.2, -0.15) is 0 Å². The minimum absolute atomic E-state index is 0.576. The van der Waals surface area contributed by atoms with Gasteiger partial charge in [0.05, 0.1) is 0 Å². The maximum atomic E-state index is 2.81. The van der Waals surface area contributed by atoms with Gasteiger partial charge in [0, 0.05) is 17.5 Å². The van der Waals surface area contributed by atoms with Crippen LogP contribution in [0.1, 0.15) is 42.7 Å². The zero-order valence-electron chi connectivity index (χ0n) is 14.4. The van der Waals surface area contributed by atoms with Crippen molar-refractivity contribution in [2.75, 3.05) is 0 Å². The molecule has 2 rings (SSSR count). The summed E-state index contributed by atoms with van der Waals surface area (Å²) in [5.41, 5.74) is 1.43.